The second-order valence-electron chi connectivity index (χ2n) is 6.06. The summed E-state index contributed by atoms with van der Waals surface area (Å²) in [4.78, 5) is 12.7. The zero-order chi connectivity index (χ0) is 19.6. The summed E-state index contributed by atoms with van der Waals surface area (Å²) in [5.41, 5.74) is 0.880. The highest BCUT2D eigenvalue weighted by Crippen LogP contribution is 2.36. The lowest BCUT2D eigenvalue weighted by Gasteiger charge is -2.21. The molecule has 144 valence electrons. The van der Waals surface area contributed by atoms with Gasteiger partial charge >= 0.3 is 0 Å². The molecule has 0 saturated carbocycles. The van der Waals surface area contributed by atoms with Crippen LogP contribution in [0.4, 0.5) is 11.4 Å². The van der Waals surface area contributed by atoms with Gasteiger partial charge in [0, 0.05) is 29.7 Å². The molecule has 7 nitrogen and oxygen atoms in total. The molecule has 1 atom stereocenters. The molecule has 0 spiro atoms. The summed E-state index contributed by atoms with van der Waals surface area (Å²) in [5.74, 6) is 0.519. The molecule has 0 bridgehead atoms. The van der Waals surface area contributed by atoms with Crippen molar-refractivity contribution in [1.82, 2.24) is 0 Å². The monoisotopic (exact) mass is 410 g/mol. The van der Waals surface area contributed by atoms with E-state index in [1.165, 1.54) is 17.5 Å². The first-order valence-corrected chi connectivity index (χ1v) is 10.4. The quantitative estimate of drug-likeness (QED) is 0.837. The van der Waals surface area contributed by atoms with Crippen molar-refractivity contribution in [2.24, 2.45) is 0 Å². The predicted octanol–water partition coefficient (Wildman–Crippen LogP) is 2.90. The van der Waals surface area contributed by atoms with Crippen molar-refractivity contribution in [3.05, 3.63) is 47.5 Å². The van der Waals surface area contributed by atoms with Gasteiger partial charge in [-0.1, -0.05) is 17.7 Å². The van der Waals surface area contributed by atoms with Gasteiger partial charge in [0.15, 0.2) is 6.10 Å². The minimum absolute atomic E-state index is 0.0996. The SMILES string of the molecule is COc1cccc(NC(=O)[C@@H]2CCN(S(C)(=O)=O)c3cc(Cl)ccc3O2)c1. The summed E-state index contributed by atoms with van der Waals surface area (Å²) >= 11 is 6.01. The standard InChI is InChI=1S/C18H19ClN2O5S/c1-25-14-5-3-4-13(11-14)20-18(22)17-8-9-21(27(2,23)24)15-10-12(19)6-7-16(15)26-17/h3-7,10-11,17H,8-9H2,1-2H3,(H,20,22)/t17-/m0/s1. The van der Waals surface area contributed by atoms with Crippen LogP contribution in [-0.2, 0) is 14.8 Å². The number of methoxy groups -OCH3 is 1. The third kappa shape index (κ3) is 4.45. The summed E-state index contributed by atoms with van der Waals surface area (Å²) in [5, 5.41) is 3.15. The molecule has 1 aliphatic rings. The lowest BCUT2D eigenvalue weighted by Crippen LogP contribution is -2.35. The molecule has 9 heteroatoms. The van der Waals surface area contributed by atoms with Gasteiger partial charge < -0.3 is 14.8 Å². The number of amides is 1. The molecule has 2 aromatic rings. The van der Waals surface area contributed by atoms with Crippen molar-refractivity contribution in [3.63, 3.8) is 0 Å². The number of sulfonamides is 1. The first-order valence-electron chi connectivity index (χ1n) is 8.17. The van der Waals surface area contributed by atoms with Gasteiger partial charge in [0.05, 0.1) is 19.1 Å². The van der Waals surface area contributed by atoms with Crippen LogP contribution in [0.3, 0.4) is 0 Å². The second-order valence-corrected chi connectivity index (χ2v) is 8.41. The molecular weight excluding hydrogens is 392 g/mol. The van der Waals surface area contributed by atoms with Crippen molar-refractivity contribution in [2.45, 2.75) is 12.5 Å². The fourth-order valence-electron chi connectivity index (χ4n) is 2.80. The van der Waals surface area contributed by atoms with Crippen LogP contribution in [0.2, 0.25) is 5.02 Å². The van der Waals surface area contributed by atoms with E-state index >= 15 is 0 Å². The number of nitrogens with zero attached hydrogens (tertiary/aromatic N) is 1. The molecule has 2 aromatic carbocycles. The van der Waals surface area contributed by atoms with Crippen LogP contribution in [0.5, 0.6) is 11.5 Å². The Morgan fingerprint density at radius 1 is 1.30 bits per heavy atom. The largest absolute Gasteiger partial charge is 0.497 e. The molecule has 27 heavy (non-hydrogen) atoms. The highest BCUT2D eigenvalue weighted by Gasteiger charge is 2.31. The van der Waals surface area contributed by atoms with E-state index in [0.717, 1.165) is 6.26 Å². The second kappa shape index (κ2) is 7.66. The minimum Gasteiger partial charge on any atom is -0.497 e. The molecule has 0 aromatic heterocycles. The summed E-state index contributed by atoms with van der Waals surface area (Å²) in [6, 6.07) is 11.6. The maximum Gasteiger partial charge on any atom is 0.265 e. The summed E-state index contributed by atoms with van der Waals surface area (Å²) < 4.78 is 36.5. The average Bonchev–Trinajstić information content (AvgIpc) is 2.81. The smallest absolute Gasteiger partial charge is 0.265 e. The van der Waals surface area contributed by atoms with Gasteiger partial charge in [0.1, 0.15) is 11.5 Å². The zero-order valence-corrected chi connectivity index (χ0v) is 16.4. The maximum atomic E-state index is 12.7. The van der Waals surface area contributed by atoms with Crippen LogP contribution >= 0.6 is 11.6 Å². The van der Waals surface area contributed by atoms with E-state index in [0.29, 0.717) is 22.1 Å². The molecule has 0 fully saturated rings. The Bertz CT molecular complexity index is 964. The third-order valence-corrected chi connectivity index (χ3v) is 5.50. The number of fused-ring (bicyclic) bond motifs is 1. The number of nitrogens with one attached hydrogen (secondary N) is 1. The van der Waals surface area contributed by atoms with Crippen LogP contribution in [0, 0.1) is 0 Å². The van der Waals surface area contributed by atoms with E-state index in [4.69, 9.17) is 21.1 Å². The van der Waals surface area contributed by atoms with Gasteiger partial charge in [0.25, 0.3) is 5.91 Å². The third-order valence-electron chi connectivity index (χ3n) is 4.08. The molecule has 3 rings (SSSR count). The van der Waals surface area contributed by atoms with Crippen LogP contribution in [0.1, 0.15) is 6.42 Å². The minimum atomic E-state index is -3.55. The number of carbonyl (C=O) groups is 1. The van der Waals surface area contributed by atoms with Crippen LogP contribution in [0.15, 0.2) is 42.5 Å². The molecular formula is C18H19ClN2O5S. The molecule has 0 unspecified atom stereocenters. The summed E-state index contributed by atoms with van der Waals surface area (Å²) in [7, 11) is -2.01. The molecule has 1 amide bonds. The number of ether oxygens (including phenoxy) is 2. The van der Waals surface area contributed by atoms with Crippen LogP contribution in [-0.4, -0.2) is 40.3 Å². The van der Waals surface area contributed by atoms with Gasteiger partial charge in [-0.25, -0.2) is 8.42 Å². The Kier molecular flexibility index (Phi) is 5.48. The van der Waals surface area contributed by atoms with E-state index in [1.807, 2.05) is 0 Å². The molecule has 0 aliphatic carbocycles. The number of hydrogen-bond donors (Lipinski definition) is 1. The van der Waals surface area contributed by atoms with Gasteiger partial charge in [-0.3, -0.25) is 9.10 Å². The summed E-state index contributed by atoms with van der Waals surface area (Å²) in [6.45, 7) is 0.0996. The predicted molar refractivity (Wildman–Crippen MR) is 104 cm³/mol. The number of anilines is 2. The van der Waals surface area contributed by atoms with Crippen molar-refractivity contribution >= 4 is 38.9 Å². The maximum absolute atomic E-state index is 12.7. The number of carbonyl (C=O) groups excluding carboxylic acids is 1. The van der Waals surface area contributed by atoms with Crippen LogP contribution < -0.4 is 19.1 Å². The fourth-order valence-corrected chi connectivity index (χ4v) is 3.91. The van der Waals surface area contributed by atoms with Crippen molar-refractivity contribution < 1.29 is 22.7 Å². The number of benzene rings is 2. The van der Waals surface area contributed by atoms with Gasteiger partial charge in [-0.15, -0.1) is 0 Å². The van der Waals surface area contributed by atoms with Crippen LogP contribution in [0.25, 0.3) is 0 Å². The lowest BCUT2D eigenvalue weighted by atomic mass is 10.2. The average molecular weight is 411 g/mol. The lowest BCUT2D eigenvalue weighted by molar-refractivity contribution is -0.122. The number of hydrogen-bond acceptors (Lipinski definition) is 5. The van der Waals surface area contributed by atoms with Crippen molar-refractivity contribution in [1.29, 1.82) is 0 Å². The Morgan fingerprint density at radius 2 is 2.07 bits per heavy atom. The van der Waals surface area contributed by atoms with E-state index < -0.39 is 16.1 Å². The molecule has 1 heterocycles. The van der Waals surface area contributed by atoms with Gasteiger partial charge in [-0.05, 0) is 30.3 Å². The molecule has 0 radical (unpaired) electrons. The Hall–Kier alpha value is -2.45. The molecule has 1 N–H and O–H groups in total. The fraction of sp³-hybridized carbons (Fsp3) is 0.278. The van der Waals surface area contributed by atoms with E-state index in [1.54, 1.807) is 36.4 Å². The van der Waals surface area contributed by atoms with E-state index in [2.05, 4.69) is 5.32 Å². The van der Waals surface area contributed by atoms with Crippen molar-refractivity contribution in [2.75, 3.05) is 29.5 Å². The first kappa shape index (κ1) is 19.3. The molecule has 0 saturated heterocycles. The topological polar surface area (TPSA) is 84.9 Å². The zero-order valence-electron chi connectivity index (χ0n) is 14.8. The van der Waals surface area contributed by atoms with E-state index in [-0.39, 0.29) is 24.6 Å². The first-order chi connectivity index (χ1) is 12.8. The van der Waals surface area contributed by atoms with Gasteiger partial charge in [0.2, 0.25) is 10.0 Å². The Morgan fingerprint density at radius 3 is 2.78 bits per heavy atom. The highest BCUT2D eigenvalue weighted by molar-refractivity contribution is 7.92. The van der Waals surface area contributed by atoms with E-state index in [9.17, 15) is 13.2 Å². The summed E-state index contributed by atoms with van der Waals surface area (Å²) in [6.07, 6.45) is 0.437. The van der Waals surface area contributed by atoms with Gasteiger partial charge in [-0.2, -0.15) is 0 Å². The highest BCUT2D eigenvalue weighted by atomic mass is 35.5. The van der Waals surface area contributed by atoms with Crippen molar-refractivity contribution in [3.8, 4) is 11.5 Å². The number of halogens is 1. The Balaban J connectivity index is 1.86. The number of rotatable bonds is 4. The normalized spacial score (nSPS) is 16.7. The Labute approximate surface area is 162 Å². The molecule has 1 aliphatic heterocycles.